The van der Waals surface area contributed by atoms with Crippen LogP contribution < -0.4 is 10.6 Å². The number of rotatable bonds is 5. The number of alkyl halides is 2. The number of anilines is 1. The monoisotopic (exact) mass is 599 g/mol. The highest BCUT2D eigenvalue weighted by molar-refractivity contribution is 7.09. The standard InChI is InChI=1S/C26H32F3N5O6S/c1-25(2,3)39-23(36)31-15-11-38-8-7-13(15)30-21-18(27)12-10-34(24(37)40-26(4,5)6)22(35)17(12)19(32-21)16-9-14(20(28)29)33-41-16/h9,13,15,20H,7-8,10-11H2,1-6H3,(H,30,32)(H,31,36)/t13-,15+/m1/s1. The van der Waals surface area contributed by atoms with Crippen molar-refractivity contribution in [3.8, 4) is 10.6 Å². The number of alkyl carbamates (subject to hydrolysis) is 1. The van der Waals surface area contributed by atoms with Crippen molar-refractivity contribution in [2.75, 3.05) is 18.5 Å². The third kappa shape index (κ3) is 7.07. The molecule has 2 aromatic rings. The van der Waals surface area contributed by atoms with E-state index in [1.54, 1.807) is 41.5 Å². The van der Waals surface area contributed by atoms with Crippen LogP contribution in [0.5, 0.6) is 0 Å². The van der Waals surface area contributed by atoms with Gasteiger partial charge in [-0.05, 0) is 65.6 Å². The number of carbonyl (C=O) groups is 3. The van der Waals surface area contributed by atoms with Gasteiger partial charge in [0.25, 0.3) is 12.3 Å². The average molecular weight is 600 g/mol. The quantitative estimate of drug-likeness (QED) is 0.472. The molecule has 1 saturated heterocycles. The van der Waals surface area contributed by atoms with E-state index in [-0.39, 0.29) is 34.1 Å². The molecule has 0 unspecified atom stereocenters. The maximum absolute atomic E-state index is 16.0. The molecule has 0 bridgehead atoms. The van der Waals surface area contributed by atoms with Gasteiger partial charge in [-0.2, -0.15) is 4.37 Å². The zero-order chi connectivity index (χ0) is 30.3. The molecule has 0 aromatic carbocycles. The number of ether oxygens (including phenoxy) is 3. The first-order valence-corrected chi connectivity index (χ1v) is 13.7. The predicted molar refractivity (Wildman–Crippen MR) is 142 cm³/mol. The van der Waals surface area contributed by atoms with Crippen LogP contribution in [0.3, 0.4) is 0 Å². The zero-order valence-corrected chi connectivity index (χ0v) is 24.3. The number of fused-ring (bicyclic) bond motifs is 1. The van der Waals surface area contributed by atoms with Crippen molar-refractivity contribution < 1.29 is 41.8 Å². The smallest absolute Gasteiger partial charge is 0.417 e. The van der Waals surface area contributed by atoms with Crippen LogP contribution in [0, 0.1) is 5.82 Å². The van der Waals surface area contributed by atoms with E-state index in [9.17, 15) is 23.2 Å². The van der Waals surface area contributed by atoms with Gasteiger partial charge in [0, 0.05) is 12.2 Å². The largest absolute Gasteiger partial charge is 0.444 e. The van der Waals surface area contributed by atoms with Gasteiger partial charge in [0.2, 0.25) is 0 Å². The van der Waals surface area contributed by atoms with E-state index in [0.717, 1.165) is 11.0 Å². The van der Waals surface area contributed by atoms with E-state index in [1.807, 2.05) is 0 Å². The van der Waals surface area contributed by atoms with Crippen LogP contribution in [0.15, 0.2) is 6.07 Å². The van der Waals surface area contributed by atoms with Gasteiger partial charge >= 0.3 is 12.2 Å². The summed E-state index contributed by atoms with van der Waals surface area (Å²) in [5.41, 5.74) is -2.69. The number of pyridine rings is 1. The fraction of sp³-hybridized carbons (Fsp3) is 0.577. The summed E-state index contributed by atoms with van der Waals surface area (Å²) in [6.07, 6.45) is -4.19. The van der Waals surface area contributed by atoms with Gasteiger partial charge in [-0.15, -0.1) is 0 Å². The lowest BCUT2D eigenvalue weighted by molar-refractivity contribution is 0.0246. The van der Waals surface area contributed by atoms with Crippen LogP contribution in [-0.2, 0) is 20.8 Å². The summed E-state index contributed by atoms with van der Waals surface area (Å²) in [4.78, 5) is 43.7. The van der Waals surface area contributed by atoms with Crippen molar-refractivity contribution in [3.05, 3.63) is 28.7 Å². The SMILES string of the molecule is CC(C)(C)OC(=O)N[C@H]1COCC[C@H]1Nc1nc(-c2cc(C(F)F)ns2)c2c(c1F)CN(C(=O)OC(C)(C)C)C2=O. The van der Waals surface area contributed by atoms with Crippen LogP contribution in [0.4, 0.5) is 28.6 Å². The molecular weight excluding hydrogens is 567 g/mol. The van der Waals surface area contributed by atoms with E-state index in [2.05, 4.69) is 20.0 Å². The first-order chi connectivity index (χ1) is 19.0. The minimum absolute atomic E-state index is 0.0920. The number of nitrogens with zero attached hydrogens (tertiary/aromatic N) is 3. The Morgan fingerprint density at radius 1 is 1.15 bits per heavy atom. The highest BCUT2D eigenvalue weighted by atomic mass is 32.1. The lowest BCUT2D eigenvalue weighted by Crippen LogP contribution is -2.53. The molecule has 224 valence electrons. The van der Waals surface area contributed by atoms with E-state index in [0.29, 0.717) is 24.6 Å². The number of carbonyl (C=O) groups excluding carboxylic acids is 3. The Bertz CT molecular complexity index is 1340. The van der Waals surface area contributed by atoms with Gasteiger partial charge in [0.1, 0.15) is 16.9 Å². The van der Waals surface area contributed by atoms with Crippen molar-refractivity contribution in [3.63, 3.8) is 0 Å². The molecule has 0 spiro atoms. The summed E-state index contributed by atoms with van der Waals surface area (Å²) in [7, 11) is 0. The van der Waals surface area contributed by atoms with Crippen LogP contribution in [0.2, 0.25) is 0 Å². The van der Waals surface area contributed by atoms with Crippen molar-refractivity contribution in [2.45, 2.75) is 84.2 Å². The molecule has 3 amide bonds. The van der Waals surface area contributed by atoms with E-state index in [4.69, 9.17) is 14.2 Å². The molecule has 4 heterocycles. The molecule has 2 aromatic heterocycles. The van der Waals surface area contributed by atoms with Gasteiger partial charge in [0.15, 0.2) is 11.6 Å². The molecule has 41 heavy (non-hydrogen) atoms. The number of nitrogens with one attached hydrogen (secondary N) is 2. The van der Waals surface area contributed by atoms with Crippen molar-refractivity contribution in [2.24, 2.45) is 0 Å². The minimum Gasteiger partial charge on any atom is -0.444 e. The van der Waals surface area contributed by atoms with Crippen molar-refractivity contribution in [1.29, 1.82) is 0 Å². The summed E-state index contributed by atoms with van der Waals surface area (Å²) in [6, 6.07) is -0.128. The second-order valence-electron chi connectivity index (χ2n) is 11.6. The molecule has 0 radical (unpaired) electrons. The lowest BCUT2D eigenvalue weighted by Gasteiger charge is -2.33. The summed E-state index contributed by atoms with van der Waals surface area (Å²) >= 11 is 0.670. The third-order valence-corrected chi connectivity index (χ3v) is 6.80. The molecule has 2 aliphatic heterocycles. The van der Waals surface area contributed by atoms with Gasteiger partial charge in [0.05, 0.1) is 41.4 Å². The van der Waals surface area contributed by atoms with Crippen LogP contribution in [0.25, 0.3) is 10.6 Å². The Morgan fingerprint density at radius 2 is 1.83 bits per heavy atom. The van der Waals surface area contributed by atoms with E-state index < -0.39 is 65.9 Å². The first-order valence-electron chi connectivity index (χ1n) is 12.9. The molecule has 2 aliphatic rings. The van der Waals surface area contributed by atoms with Gasteiger partial charge in [-0.3, -0.25) is 4.79 Å². The highest BCUT2D eigenvalue weighted by Crippen LogP contribution is 2.39. The molecule has 0 saturated carbocycles. The number of aromatic nitrogens is 2. The number of halogens is 3. The zero-order valence-electron chi connectivity index (χ0n) is 23.5. The normalized spacial score (nSPS) is 19.3. The molecule has 2 N–H and O–H groups in total. The number of hydrogen-bond acceptors (Lipinski definition) is 10. The van der Waals surface area contributed by atoms with Crippen molar-refractivity contribution in [1.82, 2.24) is 19.6 Å². The predicted octanol–water partition coefficient (Wildman–Crippen LogP) is 5.27. The Morgan fingerprint density at radius 3 is 2.44 bits per heavy atom. The Balaban J connectivity index is 1.71. The van der Waals surface area contributed by atoms with E-state index >= 15 is 4.39 Å². The Kier molecular flexibility index (Phi) is 8.50. The van der Waals surface area contributed by atoms with Crippen LogP contribution in [0.1, 0.15) is 76.0 Å². The maximum Gasteiger partial charge on any atom is 0.417 e. The van der Waals surface area contributed by atoms with Crippen molar-refractivity contribution >= 4 is 35.4 Å². The number of imide groups is 1. The number of amides is 3. The van der Waals surface area contributed by atoms with Crippen LogP contribution >= 0.6 is 11.5 Å². The lowest BCUT2D eigenvalue weighted by atomic mass is 10.0. The Hall–Kier alpha value is -3.46. The fourth-order valence-corrected chi connectivity index (χ4v) is 5.03. The molecule has 2 atom stereocenters. The third-order valence-electron chi connectivity index (χ3n) is 5.99. The molecule has 15 heteroatoms. The van der Waals surface area contributed by atoms with Gasteiger partial charge in [-0.1, -0.05) is 0 Å². The van der Waals surface area contributed by atoms with E-state index in [1.165, 1.54) is 0 Å². The summed E-state index contributed by atoms with van der Waals surface area (Å²) in [5, 5.41) is 5.70. The average Bonchev–Trinajstić information content (AvgIpc) is 3.46. The molecule has 11 nitrogen and oxygen atoms in total. The highest BCUT2D eigenvalue weighted by Gasteiger charge is 2.41. The second kappa shape index (κ2) is 11.4. The maximum atomic E-state index is 16.0. The number of hydrogen-bond donors (Lipinski definition) is 2. The summed E-state index contributed by atoms with van der Waals surface area (Å²) in [5.74, 6) is -2.05. The second-order valence-corrected chi connectivity index (χ2v) is 12.4. The van der Waals surface area contributed by atoms with Gasteiger partial charge < -0.3 is 24.8 Å². The summed E-state index contributed by atoms with van der Waals surface area (Å²) in [6.45, 7) is 9.96. The molecule has 0 aliphatic carbocycles. The van der Waals surface area contributed by atoms with Gasteiger partial charge in [-0.25, -0.2) is 32.6 Å². The molecular formula is C26H32F3N5O6S. The topological polar surface area (TPSA) is 132 Å². The fourth-order valence-electron chi connectivity index (χ4n) is 4.29. The summed E-state index contributed by atoms with van der Waals surface area (Å²) < 4.78 is 62.5. The molecule has 1 fully saturated rings. The minimum atomic E-state index is -2.87. The molecule has 4 rings (SSSR count). The van der Waals surface area contributed by atoms with Crippen LogP contribution in [-0.4, -0.2) is 68.9 Å². The first kappa shape index (κ1) is 30.5. The Labute approximate surface area is 238 Å².